The summed E-state index contributed by atoms with van der Waals surface area (Å²) in [5, 5.41) is 6.96. The number of piperidine rings is 1. The molecule has 1 aromatic rings. The lowest BCUT2D eigenvalue weighted by atomic mass is 10.1. The Balaban J connectivity index is 1.77. The van der Waals surface area contributed by atoms with Crippen LogP contribution in [0.5, 0.6) is 0 Å². The number of benzene rings is 1. The Morgan fingerprint density at radius 3 is 2.90 bits per heavy atom. The zero-order valence-electron chi connectivity index (χ0n) is 11.7. The van der Waals surface area contributed by atoms with E-state index in [1.54, 1.807) is 6.07 Å². The van der Waals surface area contributed by atoms with Gasteiger partial charge in [0.05, 0.1) is 24.6 Å². The van der Waals surface area contributed by atoms with Crippen LogP contribution in [0.15, 0.2) is 18.2 Å². The minimum atomic E-state index is -0.182. The first kappa shape index (κ1) is 13.6. The van der Waals surface area contributed by atoms with Crippen LogP contribution in [0.1, 0.15) is 12.8 Å². The summed E-state index contributed by atoms with van der Waals surface area (Å²) in [6.45, 7) is 5.13. The van der Waals surface area contributed by atoms with E-state index in [0.717, 1.165) is 44.0 Å². The van der Waals surface area contributed by atoms with Gasteiger partial charge in [-0.25, -0.2) is 4.39 Å². The first-order valence-corrected chi connectivity index (χ1v) is 7.42. The van der Waals surface area contributed by atoms with E-state index in [0.29, 0.717) is 19.3 Å². The molecule has 2 saturated heterocycles. The molecule has 4 nitrogen and oxygen atoms in total. The van der Waals surface area contributed by atoms with Crippen LogP contribution in [0.25, 0.3) is 0 Å². The second-order valence-corrected chi connectivity index (χ2v) is 5.45. The Labute approximate surface area is 119 Å². The average Bonchev–Trinajstić information content (AvgIpc) is 2.51. The number of morpholine rings is 1. The van der Waals surface area contributed by atoms with Crippen LogP contribution in [0.4, 0.5) is 15.8 Å². The quantitative estimate of drug-likeness (QED) is 0.885. The van der Waals surface area contributed by atoms with Crippen LogP contribution in [0, 0.1) is 5.82 Å². The van der Waals surface area contributed by atoms with Gasteiger partial charge in [0.25, 0.3) is 0 Å². The Morgan fingerprint density at radius 1 is 1.30 bits per heavy atom. The Morgan fingerprint density at radius 2 is 2.15 bits per heavy atom. The maximum absolute atomic E-state index is 13.6. The van der Waals surface area contributed by atoms with Crippen molar-refractivity contribution in [3.8, 4) is 0 Å². The molecule has 0 unspecified atom stereocenters. The number of hydrogen-bond acceptors (Lipinski definition) is 4. The molecule has 5 heteroatoms. The number of rotatable bonds is 3. The molecular formula is C15H22FN3O. The van der Waals surface area contributed by atoms with Crippen molar-refractivity contribution in [1.82, 2.24) is 5.32 Å². The summed E-state index contributed by atoms with van der Waals surface area (Å²) in [6.07, 6.45) is 2.35. The highest BCUT2D eigenvalue weighted by molar-refractivity contribution is 5.70. The van der Waals surface area contributed by atoms with E-state index in [1.165, 1.54) is 12.5 Å². The lowest BCUT2D eigenvalue weighted by Gasteiger charge is -2.32. The molecule has 0 aliphatic carbocycles. The predicted octanol–water partition coefficient (Wildman–Crippen LogP) is 1.83. The van der Waals surface area contributed by atoms with Gasteiger partial charge in [-0.15, -0.1) is 0 Å². The molecule has 20 heavy (non-hydrogen) atoms. The van der Waals surface area contributed by atoms with Crippen molar-refractivity contribution < 1.29 is 9.13 Å². The third-order valence-electron chi connectivity index (χ3n) is 3.97. The predicted molar refractivity (Wildman–Crippen MR) is 78.9 cm³/mol. The third-order valence-corrected chi connectivity index (χ3v) is 3.97. The molecule has 1 atom stereocenters. The molecule has 1 aromatic carbocycles. The summed E-state index contributed by atoms with van der Waals surface area (Å²) in [4.78, 5) is 2.20. The van der Waals surface area contributed by atoms with E-state index in [1.807, 2.05) is 6.07 Å². The second kappa shape index (κ2) is 6.41. The number of ether oxygens (including phenoxy) is 1. The van der Waals surface area contributed by atoms with Gasteiger partial charge in [-0.2, -0.15) is 0 Å². The van der Waals surface area contributed by atoms with Crippen molar-refractivity contribution in [2.75, 3.05) is 49.6 Å². The number of halogens is 1. The van der Waals surface area contributed by atoms with Crippen molar-refractivity contribution in [2.24, 2.45) is 0 Å². The van der Waals surface area contributed by atoms with Crippen LogP contribution in [0.3, 0.4) is 0 Å². The highest BCUT2D eigenvalue weighted by Crippen LogP contribution is 2.29. The largest absolute Gasteiger partial charge is 0.379 e. The van der Waals surface area contributed by atoms with Crippen LogP contribution < -0.4 is 15.5 Å². The van der Waals surface area contributed by atoms with Gasteiger partial charge in [0, 0.05) is 25.7 Å². The topological polar surface area (TPSA) is 36.5 Å². The van der Waals surface area contributed by atoms with Gasteiger partial charge in [-0.1, -0.05) is 0 Å². The van der Waals surface area contributed by atoms with Gasteiger partial charge in [0.15, 0.2) is 0 Å². The first-order valence-electron chi connectivity index (χ1n) is 7.42. The molecule has 3 rings (SSSR count). The van der Waals surface area contributed by atoms with Gasteiger partial charge < -0.3 is 20.3 Å². The molecule has 110 valence electrons. The normalized spacial score (nSPS) is 23.6. The van der Waals surface area contributed by atoms with Crippen molar-refractivity contribution in [2.45, 2.75) is 18.9 Å². The summed E-state index contributed by atoms with van der Waals surface area (Å²) in [5.74, 6) is -0.182. The molecule has 0 amide bonds. The van der Waals surface area contributed by atoms with Crippen molar-refractivity contribution in [3.05, 3.63) is 24.0 Å². The fourth-order valence-corrected chi connectivity index (χ4v) is 2.89. The minimum Gasteiger partial charge on any atom is -0.379 e. The van der Waals surface area contributed by atoms with Gasteiger partial charge in [0.1, 0.15) is 5.82 Å². The van der Waals surface area contributed by atoms with E-state index < -0.39 is 0 Å². The SMILES string of the molecule is Fc1ccc(N[C@@H]2CCCNC2)c(N2CCOCC2)c1. The summed E-state index contributed by atoms with van der Waals surface area (Å²) in [7, 11) is 0. The zero-order chi connectivity index (χ0) is 13.8. The van der Waals surface area contributed by atoms with Crippen molar-refractivity contribution >= 4 is 11.4 Å². The molecule has 2 fully saturated rings. The molecule has 0 spiro atoms. The Hall–Kier alpha value is -1.33. The maximum atomic E-state index is 13.6. The molecule has 0 saturated carbocycles. The van der Waals surface area contributed by atoms with Gasteiger partial charge in [0.2, 0.25) is 0 Å². The van der Waals surface area contributed by atoms with Gasteiger partial charge in [-0.05, 0) is 37.6 Å². The average molecular weight is 279 g/mol. The molecule has 0 bridgehead atoms. The van der Waals surface area contributed by atoms with Crippen LogP contribution in [-0.2, 0) is 4.74 Å². The molecule has 2 aliphatic heterocycles. The third kappa shape index (κ3) is 3.22. The standard InChI is InChI=1S/C15H22FN3O/c16-12-3-4-14(18-13-2-1-5-17-11-13)15(10-12)19-6-8-20-9-7-19/h3-4,10,13,17-18H,1-2,5-9,11H2/t13-/m1/s1. The molecule has 0 radical (unpaired) electrons. The number of hydrogen-bond donors (Lipinski definition) is 2. The van der Waals surface area contributed by atoms with Gasteiger partial charge in [-0.3, -0.25) is 0 Å². The molecule has 2 heterocycles. The van der Waals surface area contributed by atoms with E-state index in [2.05, 4.69) is 15.5 Å². The molecule has 0 aromatic heterocycles. The lowest BCUT2D eigenvalue weighted by Crippen LogP contribution is -2.40. The van der Waals surface area contributed by atoms with E-state index in [9.17, 15) is 4.39 Å². The monoisotopic (exact) mass is 279 g/mol. The van der Waals surface area contributed by atoms with Crippen LogP contribution in [0.2, 0.25) is 0 Å². The number of nitrogens with zero attached hydrogens (tertiary/aromatic N) is 1. The fraction of sp³-hybridized carbons (Fsp3) is 0.600. The molecule has 2 aliphatic rings. The van der Waals surface area contributed by atoms with Crippen LogP contribution >= 0.6 is 0 Å². The summed E-state index contributed by atoms with van der Waals surface area (Å²) in [6, 6.07) is 5.44. The van der Waals surface area contributed by atoms with E-state index in [4.69, 9.17) is 4.74 Å². The lowest BCUT2D eigenvalue weighted by molar-refractivity contribution is 0.122. The highest BCUT2D eigenvalue weighted by Gasteiger charge is 2.18. The number of nitrogens with one attached hydrogen (secondary N) is 2. The maximum Gasteiger partial charge on any atom is 0.125 e. The van der Waals surface area contributed by atoms with Crippen molar-refractivity contribution in [3.63, 3.8) is 0 Å². The summed E-state index contributed by atoms with van der Waals surface area (Å²) in [5.41, 5.74) is 1.99. The summed E-state index contributed by atoms with van der Waals surface area (Å²) >= 11 is 0. The van der Waals surface area contributed by atoms with Gasteiger partial charge >= 0.3 is 0 Å². The smallest absolute Gasteiger partial charge is 0.125 e. The Bertz CT molecular complexity index is 443. The highest BCUT2D eigenvalue weighted by atomic mass is 19.1. The molecule has 2 N–H and O–H groups in total. The second-order valence-electron chi connectivity index (χ2n) is 5.45. The minimum absolute atomic E-state index is 0.182. The summed E-state index contributed by atoms with van der Waals surface area (Å²) < 4.78 is 19.0. The first-order chi connectivity index (χ1) is 9.83. The zero-order valence-corrected chi connectivity index (χ0v) is 11.7. The Kier molecular flexibility index (Phi) is 4.38. The van der Waals surface area contributed by atoms with E-state index >= 15 is 0 Å². The fourth-order valence-electron chi connectivity index (χ4n) is 2.89. The van der Waals surface area contributed by atoms with E-state index in [-0.39, 0.29) is 5.82 Å². The van der Waals surface area contributed by atoms with Crippen LogP contribution in [-0.4, -0.2) is 45.4 Å². The molecular weight excluding hydrogens is 257 g/mol. The number of anilines is 2. The van der Waals surface area contributed by atoms with Crippen molar-refractivity contribution in [1.29, 1.82) is 0 Å².